The highest BCUT2D eigenvalue weighted by atomic mass is 35.5. The van der Waals surface area contributed by atoms with Crippen LogP contribution < -0.4 is 5.32 Å². The number of hydrogen-bond donors (Lipinski definition) is 1. The van der Waals surface area contributed by atoms with Gasteiger partial charge in [-0.3, -0.25) is 0 Å². The van der Waals surface area contributed by atoms with Gasteiger partial charge in [-0.15, -0.1) is 0 Å². The topological polar surface area (TPSA) is 12.0 Å². The average molecular weight is 280 g/mol. The number of anilines is 1. The number of benzene rings is 2. The molecule has 0 bridgehead atoms. The van der Waals surface area contributed by atoms with Crippen LogP contribution in [0, 0.1) is 0 Å². The Morgan fingerprint density at radius 1 is 1.00 bits per heavy atom. The Labute approximate surface area is 118 Å². The molecular weight excluding hydrogens is 265 g/mol. The van der Waals surface area contributed by atoms with Crippen molar-refractivity contribution >= 4 is 28.9 Å². The lowest BCUT2D eigenvalue weighted by molar-refractivity contribution is 1.09. The molecule has 2 rings (SSSR count). The maximum atomic E-state index is 5.98. The van der Waals surface area contributed by atoms with Crippen LogP contribution in [0.25, 0.3) is 0 Å². The normalized spacial score (nSPS) is 10.4. The second-order valence-corrected chi connectivity index (χ2v) is 5.01. The van der Waals surface area contributed by atoms with Gasteiger partial charge in [0.25, 0.3) is 0 Å². The van der Waals surface area contributed by atoms with Gasteiger partial charge in [0.1, 0.15) is 0 Å². The third kappa shape index (κ3) is 3.41. The number of halogens is 2. The molecule has 94 valence electrons. The van der Waals surface area contributed by atoms with Crippen molar-refractivity contribution < 1.29 is 0 Å². The van der Waals surface area contributed by atoms with E-state index in [2.05, 4.69) is 30.4 Å². The van der Waals surface area contributed by atoms with E-state index in [4.69, 9.17) is 23.2 Å². The summed E-state index contributed by atoms with van der Waals surface area (Å²) in [6.45, 7) is 2.87. The van der Waals surface area contributed by atoms with Gasteiger partial charge in [0, 0.05) is 22.3 Å². The standard InChI is InChI=1S/C15H15Cl2N/c1-2-12-5-3-4-6-15(12)18-10-11-7-13(16)9-14(17)8-11/h3-9,18H,2,10H2,1H3. The van der Waals surface area contributed by atoms with Crippen molar-refractivity contribution in [2.45, 2.75) is 19.9 Å². The number of hydrogen-bond acceptors (Lipinski definition) is 1. The summed E-state index contributed by atoms with van der Waals surface area (Å²) in [5.74, 6) is 0. The zero-order valence-electron chi connectivity index (χ0n) is 10.2. The monoisotopic (exact) mass is 279 g/mol. The smallest absolute Gasteiger partial charge is 0.0424 e. The van der Waals surface area contributed by atoms with Crippen molar-refractivity contribution in [3.8, 4) is 0 Å². The zero-order valence-corrected chi connectivity index (χ0v) is 11.7. The highest BCUT2D eigenvalue weighted by Crippen LogP contribution is 2.21. The lowest BCUT2D eigenvalue weighted by atomic mass is 10.1. The van der Waals surface area contributed by atoms with Crippen LogP contribution in [-0.4, -0.2) is 0 Å². The molecule has 1 N–H and O–H groups in total. The lowest BCUT2D eigenvalue weighted by Gasteiger charge is -2.11. The third-order valence-electron chi connectivity index (χ3n) is 2.80. The fourth-order valence-electron chi connectivity index (χ4n) is 1.91. The van der Waals surface area contributed by atoms with E-state index < -0.39 is 0 Å². The minimum absolute atomic E-state index is 0.670. The lowest BCUT2D eigenvalue weighted by Crippen LogP contribution is -2.02. The van der Waals surface area contributed by atoms with Crippen molar-refractivity contribution in [3.05, 3.63) is 63.6 Å². The van der Waals surface area contributed by atoms with Gasteiger partial charge in [-0.25, -0.2) is 0 Å². The van der Waals surface area contributed by atoms with E-state index in [0.717, 1.165) is 24.2 Å². The van der Waals surface area contributed by atoms with Crippen LogP contribution in [0.1, 0.15) is 18.1 Å². The Morgan fingerprint density at radius 2 is 1.67 bits per heavy atom. The number of rotatable bonds is 4. The second kappa shape index (κ2) is 6.12. The predicted octanol–water partition coefficient (Wildman–Crippen LogP) is 5.17. The molecule has 0 radical (unpaired) electrons. The van der Waals surface area contributed by atoms with Crippen LogP contribution in [0.2, 0.25) is 10.0 Å². The molecule has 0 spiro atoms. The van der Waals surface area contributed by atoms with Crippen molar-refractivity contribution in [2.24, 2.45) is 0 Å². The van der Waals surface area contributed by atoms with Crippen molar-refractivity contribution in [3.63, 3.8) is 0 Å². The number of nitrogens with one attached hydrogen (secondary N) is 1. The molecule has 0 aliphatic heterocycles. The molecule has 0 amide bonds. The van der Waals surface area contributed by atoms with Crippen molar-refractivity contribution in [1.82, 2.24) is 0 Å². The van der Waals surface area contributed by atoms with Crippen LogP contribution >= 0.6 is 23.2 Å². The Balaban J connectivity index is 2.11. The molecule has 0 unspecified atom stereocenters. The third-order valence-corrected chi connectivity index (χ3v) is 3.24. The van der Waals surface area contributed by atoms with E-state index in [0.29, 0.717) is 10.0 Å². The summed E-state index contributed by atoms with van der Waals surface area (Å²) in [7, 11) is 0. The molecule has 0 aromatic heterocycles. The second-order valence-electron chi connectivity index (χ2n) is 4.14. The summed E-state index contributed by atoms with van der Waals surface area (Å²) in [5, 5.41) is 4.76. The van der Waals surface area contributed by atoms with Crippen LogP contribution in [-0.2, 0) is 13.0 Å². The maximum absolute atomic E-state index is 5.98. The Kier molecular flexibility index (Phi) is 4.51. The van der Waals surface area contributed by atoms with Crippen LogP contribution in [0.4, 0.5) is 5.69 Å². The van der Waals surface area contributed by atoms with Crippen LogP contribution in [0.3, 0.4) is 0 Å². The molecule has 0 fully saturated rings. The first kappa shape index (κ1) is 13.3. The maximum Gasteiger partial charge on any atom is 0.0424 e. The molecule has 0 heterocycles. The molecule has 0 aliphatic rings. The summed E-state index contributed by atoms with van der Waals surface area (Å²) < 4.78 is 0. The SMILES string of the molecule is CCc1ccccc1NCc1cc(Cl)cc(Cl)c1. The van der Waals surface area contributed by atoms with Crippen LogP contribution in [0.5, 0.6) is 0 Å². The zero-order chi connectivity index (χ0) is 13.0. The minimum atomic E-state index is 0.670. The molecule has 0 atom stereocenters. The first-order valence-electron chi connectivity index (χ1n) is 5.96. The van der Waals surface area contributed by atoms with Gasteiger partial charge in [0.05, 0.1) is 0 Å². The van der Waals surface area contributed by atoms with E-state index in [1.807, 2.05) is 18.2 Å². The van der Waals surface area contributed by atoms with Gasteiger partial charge in [-0.1, -0.05) is 48.3 Å². The van der Waals surface area contributed by atoms with E-state index in [1.54, 1.807) is 6.07 Å². The molecular formula is C15H15Cl2N. The molecule has 0 saturated heterocycles. The summed E-state index contributed by atoms with van der Waals surface area (Å²) >= 11 is 12.0. The fourth-order valence-corrected chi connectivity index (χ4v) is 2.48. The van der Waals surface area contributed by atoms with Gasteiger partial charge in [-0.05, 0) is 41.8 Å². The molecule has 1 nitrogen and oxygen atoms in total. The molecule has 2 aromatic rings. The van der Waals surface area contributed by atoms with Gasteiger partial charge in [0.15, 0.2) is 0 Å². The minimum Gasteiger partial charge on any atom is -0.381 e. The first-order valence-corrected chi connectivity index (χ1v) is 6.71. The highest BCUT2D eigenvalue weighted by molar-refractivity contribution is 6.34. The van der Waals surface area contributed by atoms with Gasteiger partial charge >= 0.3 is 0 Å². The summed E-state index contributed by atoms with van der Waals surface area (Å²) in [6, 6.07) is 13.9. The highest BCUT2D eigenvalue weighted by Gasteiger charge is 2.01. The Hall–Kier alpha value is -1.18. The van der Waals surface area contributed by atoms with Crippen molar-refractivity contribution in [2.75, 3.05) is 5.32 Å². The van der Waals surface area contributed by atoms with Crippen LogP contribution in [0.15, 0.2) is 42.5 Å². The fraction of sp³-hybridized carbons (Fsp3) is 0.200. The molecule has 18 heavy (non-hydrogen) atoms. The van der Waals surface area contributed by atoms with Gasteiger partial charge in [0.2, 0.25) is 0 Å². The molecule has 3 heteroatoms. The number of aryl methyl sites for hydroxylation is 1. The molecule has 2 aromatic carbocycles. The quantitative estimate of drug-likeness (QED) is 0.814. The van der Waals surface area contributed by atoms with E-state index in [-0.39, 0.29) is 0 Å². The number of para-hydroxylation sites is 1. The molecule has 0 saturated carbocycles. The summed E-state index contributed by atoms with van der Waals surface area (Å²) in [5.41, 5.74) is 3.56. The van der Waals surface area contributed by atoms with Gasteiger partial charge < -0.3 is 5.32 Å². The van der Waals surface area contributed by atoms with E-state index in [1.165, 1.54) is 5.56 Å². The van der Waals surface area contributed by atoms with E-state index >= 15 is 0 Å². The molecule has 0 aliphatic carbocycles. The Bertz CT molecular complexity index is 518. The predicted molar refractivity (Wildman–Crippen MR) is 79.6 cm³/mol. The first-order chi connectivity index (χ1) is 8.69. The average Bonchev–Trinajstić information content (AvgIpc) is 2.35. The Morgan fingerprint density at radius 3 is 2.33 bits per heavy atom. The van der Waals surface area contributed by atoms with Crippen molar-refractivity contribution in [1.29, 1.82) is 0 Å². The largest absolute Gasteiger partial charge is 0.381 e. The van der Waals surface area contributed by atoms with E-state index in [9.17, 15) is 0 Å². The summed E-state index contributed by atoms with van der Waals surface area (Å²) in [6.07, 6.45) is 1.01. The van der Waals surface area contributed by atoms with Gasteiger partial charge in [-0.2, -0.15) is 0 Å². The summed E-state index contributed by atoms with van der Waals surface area (Å²) in [4.78, 5) is 0.